The van der Waals surface area contributed by atoms with Gasteiger partial charge in [0, 0.05) is 0 Å². The molecule has 1 rings (SSSR count). The Kier molecular flexibility index (Phi) is 9.78. The summed E-state index contributed by atoms with van der Waals surface area (Å²) in [5.41, 5.74) is 1.27. The van der Waals surface area contributed by atoms with Gasteiger partial charge in [0.15, 0.2) is 0 Å². The van der Waals surface area contributed by atoms with Gasteiger partial charge in [0.05, 0.1) is 19.4 Å². The van der Waals surface area contributed by atoms with E-state index in [-0.39, 0.29) is 0 Å². The highest BCUT2D eigenvalue weighted by atomic mass is 31.2. The van der Waals surface area contributed by atoms with Crippen LogP contribution < -0.4 is 0 Å². The van der Waals surface area contributed by atoms with Crippen molar-refractivity contribution in [1.82, 2.24) is 0 Å². The molecule has 0 saturated carbocycles. The normalized spacial score (nSPS) is 12.3. The van der Waals surface area contributed by atoms with Crippen LogP contribution in [-0.2, 0) is 20.0 Å². The van der Waals surface area contributed by atoms with E-state index in [0.29, 0.717) is 31.2 Å². The van der Waals surface area contributed by atoms with Gasteiger partial charge in [-0.2, -0.15) is 0 Å². The number of rotatable bonds is 12. The predicted molar refractivity (Wildman–Crippen MR) is 98.1 cm³/mol. The first-order valence-electron chi connectivity index (χ1n) is 8.83. The fraction of sp³-hybridized carbons (Fsp3) is 0.684. The Labute approximate surface area is 142 Å². The fourth-order valence-electron chi connectivity index (χ4n) is 2.14. The van der Waals surface area contributed by atoms with Gasteiger partial charge in [-0.05, 0) is 43.1 Å². The van der Waals surface area contributed by atoms with Gasteiger partial charge in [-0.15, -0.1) is 0 Å². The van der Waals surface area contributed by atoms with Crippen LogP contribution in [0.1, 0.15) is 52.5 Å². The van der Waals surface area contributed by atoms with Gasteiger partial charge in [0.1, 0.15) is 0 Å². The molecule has 1 aromatic rings. The van der Waals surface area contributed by atoms with E-state index in [9.17, 15) is 4.57 Å². The van der Waals surface area contributed by atoms with E-state index in [2.05, 4.69) is 39.8 Å². The van der Waals surface area contributed by atoms with Crippen LogP contribution in [0.2, 0.25) is 0 Å². The summed E-state index contributed by atoms with van der Waals surface area (Å²) >= 11 is 0. The lowest BCUT2D eigenvalue weighted by molar-refractivity contribution is 0.189. The maximum Gasteiger partial charge on any atom is 0.330 e. The standard InChI is InChI=1S/C19H33O3P/c1-17(2)12-14-21-23(20,22-15-13-18(3)4)16-8-11-19-9-6-5-7-10-19/h5-7,9-10,17-18H,8,11-16H2,1-4H3. The van der Waals surface area contributed by atoms with Crippen LogP contribution >= 0.6 is 7.60 Å². The second-order valence-electron chi connectivity index (χ2n) is 6.96. The van der Waals surface area contributed by atoms with Crippen LogP contribution in [0.25, 0.3) is 0 Å². The molecule has 0 aliphatic rings. The smallest absolute Gasteiger partial charge is 0.309 e. The largest absolute Gasteiger partial charge is 0.330 e. The highest BCUT2D eigenvalue weighted by Gasteiger charge is 2.24. The Balaban J connectivity index is 2.46. The molecule has 0 unspecified atom stereocenters. The molecule has 0 saturated heterocycles. The molecule has 0 heterocycles. The van der Waals surface area contributed by atoms with Gasteiger partial charge in [-0.25, -0.2) is 0 Å². The SMILES string of the molecule is CC(C)CCOP(=O)(CCCc1ccccc1)OCCC(C)C. The first kappa shape index (κ1) is 20.4. The van der Waals surface area contributed by atoms with E-state index < -0.39 is 7.60 Å². The first-order chi connectivity index (χ1) is 10.9. The minimum Gasteiger partial charge on any atom is -0.309 e. The molecule has 0 fully saturated rings. The Bertz CT molecular complexity index is 439. The molecule has 0 aliphatic carbocycles. The molecule has 132 valence electrons. The minimum absolute atomic E-state index is 0.498. The van der Waals surface area contributed by atoms with Gasteiger partial charge in [0.25, 0.3) is 0 Å². The zero-order valence-corrected chi connectivity index (χ0v) is 16.1. The summed E-state index contributed by atoms with van der Waals surface area (Å²) in [6.45, 7) is 9.60. The molecular formula is C19H33O3P. The molecule has 0 bridgehead atoms. The summed E-state index contributed by atoms with van der Waals surface area (Å²) in [6, 6.07) is 10.3. The van der Waals surface area contributed by atoms with Crippen LogP contribution in [0.5, 0.6) is 0 Å². The molecule has 0 atom stereocenters. The van der Waals surface area contributed by atoms with E-state index in [1.807, 2.05) is 18.2 Å². The average molecular weight is 340 g/mol. The van der Waals surface area contributed by atoms with Crippen LogP contribution in [0.4, 0.5) is 0 Å². The number of benzene rings is 1. The van der Waals surface area contributed by atoms with Gasteiger partial charge in [0.2, 0.25) is 0 Å². The highest BCUT2D eigenvalue weighted by Crippen LogP contribution is 2.49. The Morgan fingerprint density at radius 1 is 0.913 bits per heavy atom. The molecule has 0 spiro atoms. The van der Waals surface area contributed by atoms with Gasteiger partial charge in [-0.1, -0.05) is 58.0 Å². The summed E-state index contributed by atoms with van der Waals surface area (Å²) < 4.78 is 24.3. The summed E-state index contributed by atoms with van der Waals surface area (Å²) in [7, 11) is -2.97. The van der Waals surface area contributed by atoms with E-state index in [1.54, 1.807) is 0 Å². The van der Waals surface area contributed by atoms with Crippen molar-refractivity contribution in [3.8, 4) is 0 Å². The maximum absolute atomic E-state index is 12.9. The molecule has 0 N–H and O–H groups in total. The number of hydrogen-bond donors (Lipinski definition) is 0. The molecule has 3 nitrogen and oxygen atoms in total. The number of aryl methyl sites for hydroxylation is 1. The molecular weight excluding hydrogens is 307 g/mol. The molecule has 23 heavy (non-hydrogen) atoms. The van der Waals surface area contributed by atoms with E-state index in [1.165, 1.54) is 5.56 Å². The molecule has 4 heteroatoms. The first-order valence-corrected chi connectivity index (χ1v) is 10.6. The lowest BCUT2D eigenvalue weighted by Crippen LogP contribution is -2.06. The van der Waals surface area contributed by atoms with Crippen molar-refractivity contribution in [2.75, 3.05) is 19.4 Å². The summed E-state index contributed by atoms with van der Waals surface area (Å²) in [5.74, 6) is 1.09. The topological polar surface area (TPSA) is 35.5 Å². The van der Waals surface area contributed by atoms with E-state index in [0.717, 1.165) is 25.7 Å². The van der Waals surface area contributed by atoms with Crippen LogP contribution in [0, 0.1) is 11.8 Å². The fourth-order valence-corrected chi connectivity index (χ4v) is 3.79. The van der Waals surface area contributed by atoms with Gasteiger partial charge in [-0.3, -0.25) is 4.57 Å². The van der Waals surface area contributed by atoms with E-state index in [4.69, 9.17) is 9.05 Å². The van der Waals surface area contributed by atoms with Crippen molar-refractivity contribution in [1.29, 1.82) is 0 Å². The molecule has 0 radical (unpaired) electrons. The third kappa shape index (κ3) is 9.96. The third-order valence-corrected chi connectivity index (χ3v) is 5.72. The lowest BCUT2D eigenvalue weighted by atomic mass is 10.1. The summed E-state index contributed by atoms with van der Waals surface area (Å²) in [5, 5.41) is 0. The molecule has 1 aromatic carbocycles. The highest BCUT2D eigenvalue weighted by molar-refractivity contribution is 7.53. The second-order valence-corrected chi connectivity index (χ2v) is 9.14. The van der Waals surface area contributed by atoms with Gasteiger partial charge < -0.3 is 9.05 Å². The molecule has 0 amide bonds. The number of hydrogen-bond acceptors (Lipinski definition) is 3. The van der Waals surface area contributed by atoms with E-state index >= 15 is 0 Å². The maximum atomic E-state index is 12.9. The quantitative estimate of drug-likeness (QED) is 0.442. The van der Waals surface area contributed by atoms with Crippen LogP contribution in [-0.4, -0.2) is 19.4 Å². The van der Waals surface area contributed by atoms with Crippen molar-refractivity contribution in [3.63, 3.8) is 0 Å². The summed E-state index contributed by atoms with van der Waals surface area (Å²) in [4.78, 5) is 0. The zero-order valence-electron chi connectivity index (χ0n) is 15.2. The predicted octanol–water partition coefficient (Wildman–Crippen LogP) is 5.94. The Hall–Kier alpha value is -0.630. The third-order valence-electron chi connectivity index (χ3n) is 3.71. The summed E-state index contributed by atoms with van der Waals surface area (Å²) in [6.07, 6.45) is 4.06. The van der Waals surface area contributed by atoms with Crippen LogP contribution in [0.3, 0.4) is 0 Å². The van der Waals surface area contributed by atoms with Crippen molar-refractivity contribution >= 4 is 7.60 Å². The van der Waals surface area contributed by atoms with Crippen LogP contribution in [0.15, 0.2) is 30.3 Å². The van der Waals surface area contributed by atoms with Crippen molar-refractivity contribution in [3.05, 3.63) is 35.9 Å². The second kappa shape index (κ2) is 11.0. The zero-order chi connectivity index (χ0) is 17.1. The Morgan fingerprint density at radius 2 is 1.43 bits per heavy atom. The lowest BCUT2D eigenvalue weighted by Gasteiger charge is -2.20. The Morgan fingerprint density at radius 3 is 1.91 bits per heavy atom. The van der Waals surface area contributed by atoms with Crippen molar-refractivity contribution in [2.24, 2.45) is 11.8 Å². The van der Waals surface area contributed by atoms with Crippen molar-refractivity contribution < 1.29 is 13.6 Å². The molecule has 0 aliphatic heterocycles. The van der Waals surface area contributed by atoms with Gasteiger partial charge >= 0.3 is 7.60 Å². The monoisotopic (exact) mass is 340 g/mol. The van der Waals surface area contributed by atoms with Crippen molar-refractivity contribution in [2.45, 2.75) is 53.4 Å². The minimum atomic E-state index is -2.97. The molecule has 0 aromatic heterocycles. The average Bonchev–Trinajstić information content (AvgIpc) is 2.47.